The summed E-state index contributed by atoms with van der Waals surface area (Å²) in [6.45, 7) is 0. The number of carboxylic acids is 1. The highest BCUT2D eigenvalue weighted by atomic mass is 35.5. The van der Waals surface area contributed by atoms with E-state index in [0.717, 1.165) is 11.8 Å². The van der Waals surface area contributed by atoms with Crippen molar-refractivity contribution in [3.05, 3.63) is 64.7 Å². The highest BCUT2D eigenvalue weighted by Crippen LogP contribution is 2.21. The molecule has 2 rings (SSSR count). The van der Waals surface area contributed by atoms with Crippen LogP contribution < -0.4 is 0 Å². The van der Waals surface area contributed by atoms with Gasteiger partial charge in [-0.1, -0.05) is 29.8 Å². The molecule has 3 nitrogen and oxygen atoms in total. The lowest BCUT2D eigenvalue weighted by molar-refractivity contribution is -0.141. The molecule has 1 atom stereocenters. The molecule has 1 aromatic carbocycles. The van der Waals surface area contributed by atoms with Crippen LogP contribution in [0, 0.1) is 11.7 Å². The minimum absolute atomic E-state index is 0.214. The van der Waals surface area contributed by atoms with Crippen LogP contribution >= 0.6 is 11.6 Å². The quantitative estimate of drug-likeness (QED) is 0.919. The zero-order valence-corrected chi connectivity index (χ0v) is 11.3. The first-order chi connectivity index (χ1) is 9.56. The molecule has 0 radical (unpaired) electrons. The third kappa shape index (κ3) is 3.78. The van der Waals surface area contributed by atoms with Crippen LogP contribution in [0.5, 0.6) is 0 Å². The summed E-state index contributed by atoms with van der Waals surface area (Å²) < 4.78 is 13.1. The predicted octanol–water partition coefficient (Wildman–Crippen LogP) is 3.36. The molecule has 0 aliphatic carbocycles. The maximum absolute atomic E-state index is 13.1. The van der Waals surface area contributed by atoms with E-state index in [0.29, 0.717) is 17.0 Å². The van der Waals surface area contributed by atoms with Crippen molar-refractivity contribution >= 4 is 17.6 Å². The molecule has 20 heavy (non-hydrogen) atoms. The Morgan fingerprint density at radius 1 is 1.30 bits per heavy atom. The van der Waals surface area contributed by atoms with Crippen molar-refractivity contribution < 1.29 is 14.3 Å². The fraction of sp³-hybridized carbons (Fsp3) is 0.200. The first-order valence-electron chi connectivity index (χ1n) is 6.12. The average molecular weight is 294 g/mol. The van der Waals surface area contributed by atoms with Crippen molar-refractivity contribution in [2.24, 2.45) is 5.92 Å². The molecule has 1 unspecified atom stereocenters. The van der Waals surface area contributed by atoms with Gasteiger partial charge in [0, 0.05) is 11.2 Å². The smallest absolute Gasteiger partial charge is 0.307 e. The number of halogens is 2. The molecule has 0 saturated heterocycles. The zero-order chi connectivity index (χ0) is 14.5. The molecular weight excluding hydrogens is 281 g/mol. The molecule has 1 N–H and O–H groups in total. The van der Waals surface area contributed by atoms with E-state index in [1.54, 1.807) is 18.2 Å². The summed E-state index contributed by atoms with van der Waals surface area (Å²) in [7, 11) is 0. The van der Waals surface area contributed by atoms with E-state index in [1.165, 1.54) is 12.3 Å². The van der Waals surface area contributed by atoms with Gasteiger partial charge in [-0.3, -0.25) is 9.78 Å². The SMILES string of the molecule is O=C(O)C(Cc1cncc(F)c1)Cc1ccccc1Cl. The van der Waals surface area contributed by atoms with Gasteiger partial charge in [0.05, 0.1) is 12.1 Å². The van der Waals surface area contributed by atoms with Crippen molar-refractivity contribution in [1.29, 1.82) is 0 Å². The Labute approximate surface area is 121 Å². The van der Waals surface area contributed by atoms with E-state index in [2.05, 4.69) is 4.98 Å². The Morgan fingerprint density at radius 3 is 2.70 bits per heavy atom. The van der Waals surface area contributed by atoms with Crippen molar-refractivity contribution in [2.45, 2.75) is 12.8 Å². The van der Waals surface area contributed by atoms with Gasteiger partial charge in [-0.2, -0.15) is 0 Å². The van der Waals surface area contributed by atoms with E-state index < -0.39 is 17.7 Å². The standard InChI is InChI=1S/C15H13ClFNO2/c16-14-4-2-1-3-11(14)7-12(15(19)20)5-10-6-13(17)9-18-8-10/h1-4,6,8-9,12H,5,7H2,(H,19,20). The lowest BCUT2D eigenvalue weighted by Gasteiger charge is -2.13. The predicted molar refractivity (Wildman–Crippen MR) is 74.2 cm³/mol. The Kier molecular flexibility index (Phi) is 4.69. The average Bonchev–Trinajstić information content (AvgIpc) is 2.40. The summed E-state index contributed by atoms with van der Waals surface area (Å²) in [6, 6.07) is 8.42. The highest BCUT2D eigenvalue weighted by molar-refractivity contribution is 6.31. The molecule has 5 heteroatoms. The maximum Gasteiger partial charge on any atom is 0.307 e. The summed E-state index contributed by atoms with van der Waals surface area (Å²) in [5.74, 6) is -2.07. The first kappa shape index (κ1) is 14.5. The van der Waals surface area contributed by atoms with E-state index in [4.69, 9.17) is 11.6 Å². The van der Waals surface area contributed by atoms with E-state index in [-0.39, 0.29) is 6.42 Å². The number of rotatable bonds is 5. The van der Waals surface area contributed by atoms with Crippen molar-refractivity contribution in [3.8, 4) is 0 Å². The number of benzene rings is 1. The highest BCUT2D eigenvalue weighted by Gasteiger charge is 2.20. The molecular formula is C15H13ClFNO2. The van der Waals surface area contributed by atoms with Crippen LogP contribution in [0.25, 0.3) is 0 Å². The van der Waals surface area contributed by atoms with Gasteiger partial charge in [-0.25, -0.2) is 4.39 Å². The lowest BCUT2D eigenvalue weighted by Crippen LogP contribution is -2.19. The molecule has 0 aliphatic heterocycles. The summed E-state index contributed by atoms with van der Waals surface area (Å²) in [4.78, 5) is 15.1. The largest absolute Gasteiger partial charge is 0.481 e. The van der Waals surface area contributed by atoms with Crippen LogP contribution in [0.2, 0.25) is 5.02 Å². The number of carbonyl (C=O) groups is 1. The minimum atomic E-state index is -0.936. The van der Waals surface area contributed by atoms with Gasteiger partial charge in [-0.05, 0) is 36.1 Å². The summed E-state index contributed by atoms with van der Waals surface area (Å²) in [5.41, 5.74) is 1.33. The first-order valence-corrected chi connectivity index (χ1v) is 6.49. The fourth-order valence-electron chi connectivity index (χ4n) is 2.03. The van der Waals surface area contributed by atoms with Crippen molar-refractivity contribution in [3.63, 3.8) is 0 Å². The fourth-order valence-corrected chi connectivity index (χ4v) is 2.24. The van der Waals surface area contributed by atoms with E-state index in [9.17, 15) is 14.3 Å². The molecule has 0 aliphatic rings. The van der Waals surface area contributed by atoms with E-state index >= 15 is 0 Å². The third-order valence-electron chi connectivity index (χ3n) is 3.02. The Balaban J connectivity index is 2.16. The number of aromatic nitrogens is 1. The van der Waals surface area contributed by atoms with Gasteiger partial charge >= 0.3 is 5.97 Å². The van der Waals surface area contributed by atoms with Gasteiger partial charge in [0.2, 0.25) is 0 Å². The van der Waals surface area contributed by atoms with Crippen LogP contribution in [0.3, 0.4) is 0 Å². The van der Waals surface area contributed by atoms with Crippen LogP contribution in [-0.2, 0) is 17.6 Å². The molecule has 2 aromatic rings. The van der Waals surface area contributed by atoms with Crippen LogP contribution in [-0.4, -0.2) is 16.1 Å². The van der Waals surface area contributed by atoms with Gasteiger partial charge < -0.3 is 5.11 Å². The third-order valence-corrected chi connectivity index (χ3v) is 3.39. The maximum atomic E-state index is 13.1. The molecule has 104 valence electrons. The lowest BCUT2D eigenvalue weighted by atomic mass is 9.93. The van der Waals surface area contributed by atoms with Gasteiger partial charge in [0.1, 0.15) is 5.82 Å². The number of pyridine rings is 1. The van der Waals surface area contributed by atoms with Crippen LogP contribution in [0.15, 0.2) is 42.7 Å². The van der Waals surface area contributed by atoms with Crippen molar-refractivity contribution in [1.82, 2.24) is 4.98 Å². The van der Waals surface area contributed by atoms with Crippen LogP contribution in [0.1, 0.15) is 11.1 Å². The molecule has 0 fully saturated rings. The van der Waals surface area contributed by atoms with Gasteiger partial charge in [-0.15, -0.1) is 0 Å². The Morgan fingerprint density at radius 2 is 2.05 bits per heavy atom. The number of aliphatic carboxylic acids is 1. The molecule has 0 saturated carbocycles. The molecule has 1 aromatic heterocycles. The molecule has 0 bridgehead atoms. The zero-order valence-electron chi connectivity index (χ0n) is 10.6. The van der Waals surface area contributed by atoms with Gasteiger partial charge in [0.15, 0.2) is 0 Å². The normalized spacial score (nSPS) is 12.1. The summed E-state index contributed by atoms with van der Waals surface area (Å²) in [6.07, 6.45) is 3.08. The second kappa shape index (κ2) is 6.48. The Bertz CT molecular complexity index is 618. The number of nitrogens with zero attached hydrogens (tertiary/aromatic N) is 1. The summed E-state index contributed by atoms with van der Waals surface area (Å²) in [5, 5.41) is 9.84. The van der Waals surface area contributed by atoms with E-state index in [1.807, 2.05) is 6.07 Å². The molecule has 0 spiro atoms. The second-order valence-electron chi connectivity index (χ2n) is 4.55. The number of hydrogen-bond acceptors (Lipinski definition) is 2. The topological polar surface area (TPSA) is 50.2 Å². The van der Waals surface area contributed by atoms with Gasteiger partial charge in [0.25, 0.3) is 0 Å². The molecule has 1 heterocycles. The summed E-state index contributed by atoms with van der Waals surface area (Å²) >= 11 is 6.04. The molecule has 0 amide bonds. The monoisotopic (exact) mass is 293 g/mol. The van der Waals surface area contributed by atoms with Crippen LogP contribution in [0.4, 0.5) is 4.39 Å². The minimum Gasteiger partial charge on any atom is -0.481 e. The number of carboxylic acid groups (broad SMARTS) is 1. The van der Waals surface area contributed by atoms with Crippen molar-refractivity contribution in [2.75, 3.05) is 0 Å². The Hall–Kier alpha value is -1.94. The number of hydrogen-bond donors (Lipinski definition) is 1. The second-order valence-corrected chi connectivity index (χ2v) is 4.95.